The molecule has 0 aromatic carbocycles. The van der Waals surface area contributed by atoms with E-state index in [1.54, 1.807) is 0 Å². The third-order valence-electron chi connectivity index (χ3n) is 1.83. The van der Waals surface area contributed by atoms with E-state index in [9.17, 15) is 0 Å². The Morgan fingerprint density at radius 2 is 2.50 bits per heavy atom. The van der Waals surface area contributed by atoms with Crippen LogP contribution in [0.2, 0.25) is 0 Å². The molecule has 2 fully saturated rings. The van der Waals surface area contributed by atoms with Gasteiger partial charge in [0, 0.05) is 12.5 Å². The van der Waals surface area contributed by atoms with Gasteiger partial charge in [0.2, 0.25) is 0 Å². The van der Waals surface area contributed by atoms with Crippen LogP contribution in [0.1, 0.15) is 6.42 Å². The predicted molar refractivity (Wildman–Crippen MR) is 23.0 cm³/mol. The van der Waals surface area contributed by atoms with Crippen LogP contribution in [0.25, 0.3) is 0 Å². The van der Waals surface area contributed by atoms with Crippen LogP contribution in [0, 0.1) is 5.92 Å². The molecule has 2 heteroatoms. The molecule has 34 valence electrons. The van der Waals surface area contributed by atoms with Crippen LogP contribution in [-0.2, 0) is 0 Å². The van der Waals surface area contributed by atoms with Gasteiger partial charge in [-0.1, -0.05) is 0 Å². The van der Waals surface area contributed by atoms with Crippen molar-refractivity contribution in [1.82, 2.24) is 5.32 Å². The van der Waals surface area contributed by atoms with E-state index in [-0.39, 0.29) is 5.66 Å². The average molecular weight is 84.1 g/mol. The first-order chi connectivity index (χ1) is 2.81. The van der Waals surface area contributed by atoms with Crippen LogP contribution in [-0.4, -0.2) is 12.2 Å². The number of nitrogens with one attached hydrogen (secondary N) is 1. The largest absolute Gasteiger partial charge is 0.313 e. The fourth-order valence-electron chi connectivity index (χ4n) is 1.00. The smallest absolute Gasteiger partial charge is 0.0708 e. The maximum Gasteiger partial charge on any atom is 0.0708 e. The Kier molecular flexibility index (Phi) is 0.265. The quantitative estimate of drug-likeness (QED) is 0.406. The fourth-order valence-corrected chi connectivity index (χ4v) is 1.00. The Morgan fingerprint density at radius 3 is 2.50 bits per heavy atom. The minimum Gasteiger partial charge on any atom is -0.313 e. The lowest BCUT2D eigenvalue weighted by molar-refractivity contribution is 0.364. The zero-order valence-electron chi connectivity index (χ0n) is 3.57. The van der Waals surface area contributed by atoms with Gasteiger partial charge in [-0.25, -0.2) is 0 Å². The van der Waals surface area contributed by atoms with Crippen molar-refractivity contribution in [2.45, 2.75) is 12.1 Å². The lowest BCUT2D eigenvalue weighted by atomic mass is 10.2. The number of hydrogen-bond acceptors (Lipinski definition) is 2. The van der Waals surface area contributed by atoms with Gasteiger partial charge in [0.05, 0.1) is 5.66 Å². The van der Waals surface area contributed by atoms with Gasteiger partial charge < -0.3 is 5.73 Å². The molecule has 0 aromatic heterocycles. The molecule has 6 heavy (non-hydrogen) atoms. The minimum absolute atomic E-state index is 0.139. The first kappa shape index (κ1) is 2.99. The number of fused-ring (bicyclic) bond motifs is 1. The number of rotatable bonds is 0. The summed E-state index contributed by atoms with van der Waals surface area (Å²) in [6, 6.07) is 0. The van der Waals surface area contributed by atoms with E-state index in [2.05, 4.69) is 5.32 Å². The Balaban J connectivity index is 2.22. The summed E-state index contributed by atoms with van der Waals surface area (Å²) in [5.74, 6) is 0.845. The van der Waals surface area contributed by atoms with E-state index in [1.807, 2.05) is 0 Å². The van der Waals surface area contributed by atoms with Gasteiger partial charge in [-0.3, -0.25) is 5.32 Å². The van der Waals surface area contributed by atoms with E-state index in [1.165, 1.54) is 6.42 Å². The summed E-state index contributed by atoms with van der Waals surface area (Å²) < 4.78 is 0. The van der Waals surface area contributed by atoms with E-state index in [0.717, 1.165) is 12.5 Å². The Morgan fingerprint density at radius 1 is 1.83 bits per heavy atom. The van der Waals surface area contributed by atoms with Crippen molar-refractivity contribution < 1.29 is 0 Å². The van der Waals surface area contributed by atoms with Crippen molar-refractivity contribution in [2.75, 3.05) is 6.54 Å². The van der Waals surface area contributed by atoms with Crippen LogP contribution in [0.4, 0.5) is 0 Å². The van der Waals surface area contributed by atoms with Gasteiger partial charge in [-0.05, 0) is 6.42 Å². The highest BCUT2D eigenvalue weighted by Crippen LogP contribution is 2.44. The van der Waals surface area contributed by atoms with Crippen molar-refractivity contribution in [2.24, 2.45) is 11.7 Å². The Hall–Kier alpha value is -0.0800. The molecule has 1 aliphatic carbocycles. The first-order valence-electron chi connectivity index (χ1n) is 2.35. The summed E-state index contributed by atoms with van der Waals surface area (Å²) in [4.78, 5) is 0. The van der Waals surface area contributed by atoms with E-state index < -0.39 is 0 Å². The predicted octanol–water partition coefficient (Wildman–Crippen LogP) is -0.736. The normalized spacial score (nSPS) is 62.5. The maximum absolute atomic E-state index is 5.58. The fraction of sp³-hybridized carbons (Fsp3) is 1.00. The summed E-state index contributed by atoms with van der Waals surface area (Å²) in [5.41, 5.74) is 5.72. The van der Waals surface area contributed by atoms with E-state index in [0.29, 0.717) is 0 Å². The lowest BCUT2D eigenvalue weighted by Crippen LogP contribution is -2.52. The summed E-state index contributed by atoms with van der Waals surface area (Å²) >= 11 is 0. The van der Waals surface area contributed by atoms with Crippen LogP contribution >= 0.6 is 0 Å². The van der Waals surface area contributed by atoms with Gasteiger partial charge in [-0.15, -0.1) is 0 Å². The van der Waals surface area contributed by atoms with Crippen molar-refractivity contribution >= 4 is 0 Å². The number of nitrogens with two attached hydrogens (primary N) is 1. The lowest BCUT2D eigenvalue weighted by Gasteiger charge is -2.21. The molecule has 3 N–H and O–H groups in total. The molecule has 1 aliphatic heterocycles. The van der Waals surface area contributed by atoms with Crippen LogP contribution in [0.5, 0.6) is 0 Å². The van der Waals surface area contributed by atoms with Crippen molar-refractivity contribution in [1.29, 1.82) is 0 Å². The standard InChI is InChI=1S/C4H8N2/c5-4-1-3(4)2-6-4/h3,6H,1-2,5H2. The average Bonchev–Trinajstić information content (AvgIpc) is 1.88. The topological polar surface area (TPSA) is 38.0 Å². The summed E-state index contributed by atoms with van der Waals surface area (Å²) in [7, 11) is 0. The molecule has 2 unspecified atom stereocenters. The van der Waals surface area contributed by atoms with E-state index >= 15 is 0 Å². The molecule has 0 spiro atoms. The molecule has 0 amide bonds. The van der Waals surface area contributed by atoms with Gasteiger partial charge in [0.25, 0.3) is 0 Å². The van der Waals surface area contributed by atoms with Crippen LogP contribution in [0.15, 0.2) is 0 Å². The number of hydrogen-bond donors (Lipinski definition) is 2. The summed E-state index contributed by atoms with van der Waals surface area (Å²) in [6.45, 7) is 1.16. The molecule has 0 radical (unpaired) electrons. The third-order valence-corrected chi connectivity index (χ3v) is 1.83. The van der Waals surface area contributed by atoms with Gasteiger partial charge in [0.1, 0.15) is 0 Å². The third kappa shape index (κ3) is 0.150. The summed E-state index contributed by atoms with van der Waals surface area (Å²) in [5, 5.41) is 3.14. The molecule has 0 aromatic rings. The maximum atomic E-state index is 5.58. The zero-order chi connectivity index (χ0) is 4.20. The molecule has 2 rings (SSSR count). The molecule has 2 atom stereocenters. The minimum atomic E-state index is 0.139. The summed E-state index contributed by atoms with van der Waals surface area (Å²) in [6.07, 6.45) is 1.22. The molecule has 1 saturated carbocycles. The Bertz CT molecular complexity index is 87.5. The molecule has 2 aliphatic rings. The molecule has 1 saturated heterocycles. The van der Waals surface area contributed by atoms with Crippen molar-refractivity contribution in [3.8, 4) is 0 Å². The van der Waals surface area contributed by atoms with Crippen LogP contribution < -0.4 is 11.1 Å². The molecule has 1 heterocycles. The molecular formula is C4H8N2. The van der Waals surface area contributed by atoms with Crippen molar-refractivity contribution in [3.63, 3.8) is 0 Å². The van der Waals surface area contributed by atoms with Crippen molar-refractivity contribution in [3.05, 3.63) is 0 Å². The Labute approximate surface area is 36.7 Å². The second-order valence-corrected chi connectivity index (χ2v) is 2.32. The van der Waals surface area contributed by atoms with Crippen LogP contribution in [0.3, 0.4) is 0 Å². The second kappa shape index (κ2) is 0.532. The highest BCUT2D eigenvalue weighted by atomic mass is 15.3. The second-order valence-electron chi connectivity index (χ2n) is 2.32. The van der Waals surface area contributed by atoms with Gasteiger partial charge in [-0.2, -0.15) is 0 Å². The highest BCUT2D eigenvalue weighted by molar-refractivity contribution is 5.14. The molecular weight excluding hydrogens is 76.1 g/mol. The van der Waals surface area contributed by atoms with E-state index in [4.69, 9.17) is 5.73 Å². The van der Waals surface area contributed by atoms with Gasteiger partial charge in [0.15, 0.2) is 0 Å². The zero-order valence-corrected chi connectivity index (χ0v) is 3.57. The first-order valence-corrected chi connectivity index (χ1v) is 2.35. The van der Waals surface area contributed by atoms with Gasteiger partial charge >= 0.3 is 0 Å². The molecule has 0 bridgehead atoms. The SMILES string of the molecule is NC12CC1CN2. The monoisotopic (exact) mass is 84.1 g/mol. The highest BCUT2D eigenvalue weighted by Gasteiger charge is 2.58. The molecule has 2 nitrogen and oxygen atoms in total.